The Morgan fingerprint density at radius 2 is 2.14 bits per heavy atom. The van der Waals surface area contributed by atoms with E-state index in [1.54, 1.807) is 10.3 Å². The second-order valence-electron chi connectivity index (χ2n) is 5.24. The zero-order valence-corrected chi connectivity index (χ0v) is 12.8. The molecule has 1 amide bonds. The summed E-state index contributed by atoms with van der Waals surface area (Å²) >= 11 is 1.07. The number of benzene rings is 1. The number of hydrogen-bond acceptors (Lipinski definition) is 4. The van der Waals surface area contributed by atoms with Gasteiger partial charge in [-0.05, 0) is 19.1 Å². The van der Waals surface area contributed by atoms with Crippen molar-refractivity contribution in [2.24, 2.45) is 0 Å². The first-order chi connectivity index (χ1) is 10.6. The van der Waals surface area contributed by atoms with Gasteiger partial charge < -0.3 is 10.2 Å². The third-order valence-electron chi connectivity index (χ3n) is 3.56. The molecule has 1 aliphatic rings. The van der Waals surface area contributed by atoms with Crippen LogP contribution >= 0.6 is 11.3 Å². The normalized spacial score (nSPS) is 18.5. The van der Waals surface area contributed by atoms with Crippen LogP contribution in [-0.4, -0.2) is 41.5 Å². The van der Waals surface area contributed by atoms with Gasteiger partial charge in [-0.1, -0.05) is 6.07 Å². The van der Waals surface area contributed by atoms with Crippen LogP contribution in [0.25, 0.3) is 10.6 Å². The van der Waals surface area contributed by atoms with Crippen molar-refractivity contribution < 1.29 is 13.6 Å². The molecular weight excluding hydrogens is 308 g/mol. The molecule has 0 bridgehead atoms. The van der Waals surface area contributed by atoms with Crippen LogP contribution < -0.4 is 5.32 Å². The number of thiazole rings is 1. The molecular formula is C15H15F2N3OS. The van der Waals surface area contributed by atoms with Crippen molar-refractivity contribution in [2.45, 2.75) is 13.0 Å². The number of carbonyl (C=O) groups excluding carboxylic acids is 1. The molecule has 7 heteroatoms. The predicted octanol–water partition coefficient (Wildman–Crippen LogP) is 2.52. The number of nitrogens with one attached hydrogen (secondary N) is 1. The van der Waals surface area contributed by atoms with Gasteiger partial charge in [0.25, 0.3) is 5.91 Å². The number of hydrogen-bond donors (Lipinski definition) is 1. The summed E-state index contributed by atoms with van der Waals surface area (Å²) in [7, 11) is 0. The molecule has 1 atom stereocenters. The average molecular weight is 323 g/mol. The van der Waals surface area contributed by atoms with Gasteiger partial charge in [-0.25, -0.2) is 13.8 Å². The van der Waals surface area contributed by atoms with Gasteiger partial charge in [0.2, 0.25) is 0 Å². The highest BCUT2D eigenvalue weighted by atomic mass is 32.1. The van der Waals surface area contributed by atoms with Crippen LogP contribution in [0.3, 0.4) is 0 Å². The van der Waals surface area contributed by atoms with Gasteiger partial charge in [-0.15, -0.1) is 11.3 Å². The summed E-state index contributed by atoms with van der Waals surface area (Å²) in [5.41, 5.74) is 0.0528. The number of aromatic nitrogens is 1. The van der Waals surface area contributed by atoms with Crippen molar-refractivity contribution in [1.29, 1.82) is 0 Å². The molecule has 1 fully saturated rings. The summed E-state index contributed by atoms with van der Waals surface area (Å²) in [5.74, 6) is -1.55. The zero-order chi connectivity index (χ0) is 15.7. The first-order valence-corrected chi connectivity index (χ1v) is 7.87. The first kappa shape index (κ1) is 15.1. The molecule has 3 rings (SSSR count). The molecule has 1 unspecified atom stereocenters. The molecule has 0 saturated carbocycles. The van der Waals surface area contributed by atoms with Gasteiger partial charge in [0.15, 0.2) is 0 Å². The minimum atomic E-state index is -0.677. The Labute approximate surface area is 130 Å². The van der Waals surface area contributed by atoms with E-state index in [-0.39, 0.29) is 28.2 Å². The Morgan fingerprint density at radius 1 is 1.41 bits per heavy atom. The fourth-order valence-electron chi connectivity index (χ4n) is 2.47. The van der Waals surface area contributed by atoms with Crippen molar-refractivity contribution in [1.82, 2.24) is 15.2 Å². The highest BCUT2D eigenvalue weighted by Gasteiger charge is 2.24. The van der Waals surface area contributed by atoms with Gasteiger partial charge in [-0.2, -0.15) is 0 Å². The van der Waals surface area contributed by atoms with E-state index in [0.717, 1.165) is 17.9 Å². The molecule has 4 nitrogen and oxygen atoms in total. The Bertz CT molecular complexity index is 684. The third-order valence-corrected chi connectivity index (χ3v) is 4.42. The Morgan fingerprint density at radius 3 is 2.82 bits per heavy atom. The van der Waals surface area contributed by atoms with E-state index >= 15 is 0 Å². The van der Waals surface area contributed by atoms with E-state index in [4.69, 9.17) is 0 Å². The van der Waals surface area contributed by atoms with E-state index in [2.05, 4.69) is 10.3 Å². The van der Waals surface area contributed by atoms with Gasteiger partial charge in [0.1, 0.15) is 22.3 Å². The average Bonchev–Trinajstić information content (AvgIpc) is 2.96. The molecule has 0 radical (unpaired) electrons. The van der Waals surface area contributed by atoms with Crippen LogP contribution in [-0.2, 0) is 0 Å². The maximum Gasteiger partial charge on any atom is 0.273 e. The highest BCUT2D eigenvalue weighted by molar-refractivity contribution is 7.13. The summed E-state index contributed by atoms with van der Waals surface area (Å²) in [6.07, 6.45) is 0. The van der Waals surface area contributed by atoms with Crippen LogP contribution in [0.2, 0.25) is 0 Å². The van der Waals surface area contributed by atoms with Crippen molar-refractivity contribution >= 4 is 17.2 Å². The summed E-state index contributed by atoms with van der Waals surface area (Å²) in [5, 5.41) is 4.99. The second-order valence-corrected chi connectivity index (χ2v) is 6.10. The number of piperazine rings is 1. The lowest BCUT2D eigenvalue weighted by Crippen LogP contribution is -2.51. The predicted molar refractivity (Wildman–Crippen MR) is 80.8 cm³/mol. The maximum absolute atomic E-state index is 13.8. The lowest BCUT2D eigenvalue weighted by Gasteiger charge is -2.31. The largest absolute Gasteiger partial charge is 0.334 e. The van der Waals surface area contributed by atoms with Crippen LogP contribution in [0.1, 0.15) is 17.4 Å². The standard InChI is InChI=1S/C15H15F2N3OS/c1-9-7-20(6-5-18-9)15(21)12-8-22-14(19-12)13-10(16)3-2-4-11(13)17/h2-4,8-9,18H,5-7H2,1H3. The van der Waals surface area contributed by atoms with Crippen molar-refractivity contribution in [3.63, 3.8) is 0 Å². The van der Waals surface area contributed by atoms with Crippen LogP contribution in [0.15, 0.2) is 23.6 Å². The number of nitrogens with zero attached hydrogens (tertiary/aromatic N) is 2. The molecule has 1 saturated heterocycles. The van der Waals surface area contributed by atoms with E-state index in [0.29, 0.717) is 13.1 Å². The number of halogens is 2. The van der Waals surface area contributed by atoms with Gasteiger partial charge >= 0.3 is 0 Å². The fourth-order valence-corrected chi connectivity index (χ4v) is 3.31. The molecule has 1 N–H and O–H groups in total. The van der Waals surface area contributed by atoms with E-state index in [1.165, 1.54) is 18.2 Å². The third kappa shape index (κ3) is 2.86. The van der Waals surface area contributed by atoms with E-state index < -0.39 is 11.6 Å². The number of amides is 1. The van der Waals surface area contributed by atoms with Crippen LogP contribution in [0.4, 0.5) is 8.78 Å². The van der Waals surface area contributed by atoms with Crippen LogP contribution in [0.5, 0.6) is 0 Å². The fraction of sp³-hybridized carbons (Fsp3) is 0.333. The first-order valence-electron chi connectivity index (χ1n) is 6.99. The summed E-state index contributed by atoms with van der Waals surface area (Å²) in [4.78, 5) is 18.2. The van der Waals surface area contributed by atoms with Crippen LogP contribution in [0, 0.1) is 11.6 Å². The monoisotopic (exact) mass is 323 g/mol. The van der Waals surface area contributed by atoms with Gasteiger partial charge in [0, 0.05) is 31.1 Å². The minimum Gasteiger partial charge on any atom is -0.334 e. The molecule has 2 aromatic rings. The Kier molecular flexibility index (Phi) is 4.17. The molecule has 1 aliphatic heterocycles. The topological polar surface area (TPSA) is 45.2 Å². The second kappa shape index (κ2) is 6.10. The molecule has 1 aromatic heterocycles. The molecule has 22 heavy (non-hydrogen) atoms. The van der Waals surface area contributed by atoms with E-state index in [9.17, 15) is 13.6 Å². The van der Waals surface area contributed by atoms with E-state index in [1.807, 2.05) is 6.92 Å². The Balaban J connectivity index is 1.86. The SMILES string of the molecule is CC1CN(C(=O)c2csc(-c3c(F)cccc3F)n2)CCN1. The van der Waals surface area contributed by atoms with Crippen molar-refractivity contribution in [2.75, 3.05) is 19.6 Å². The summed E-state index contributed by atoms with van der Waals surface area (Å²) < 4.78 is 27.6. The van der Waals surface area contributed by atoms with Gasteiger partial charge in [0.05, 0.1) is 5.56 Å². The molecule has 0 spiro atoms. The lowest BCUT2D eigenvalue weighted by molar-refractivity contribution is 0.0704. The van der Waals surface area contributed by atoms with Crippen molar-refractivity contribution in [3.8, 4) is 10.6 Å². The zero-order valence-electron chi connectivity index (χ0n) is 12.0. The highest BCUT2D eigenvalue weighted by Crippen LogP contribution is 2.29. The summed E-state index contributed by atoms with van der Waals surface area (Å²) in [6, 6.07) is 3.88. The summed E-state index contributed by atoms with van der Waals surface area (Å²) in [6.45, 7) is 3.93. The number of rotatable bonds is 2. The smallest absolute Gasteiger partial charge is 0.273 e. The molecule has 0 aliphatic carbocycles. The lowest BCUT2D eigenvalue weighted by atomic mass is 10.2. The molecule has 1 aromatic carbocycles. The quantitative estimate of drug-likeness (QED) is 0.924. The molecule has 116 valence electrons. The Hall–Kier alpha value is -1.86. The van der Waals surface area contributed by atoms with Crippen molar-refractivity contribution in [3.05, 3.63) is 40.9 Å². The molecule has 2 heterocycles. The number of carbonyl (C=O) groups is 1. The van der Waals surface area contributed by atoms with Gasteiger partial charge in [-0.3, -0.25) is 4.79 Å². The minimum absolute atomic E-state index is 0.180. The maximum atomic E-state index is 13.8.